The summed E-state index contributed by atoms with van der Waals surface area (Å²) in [7, 11) is 0. The molecular formula is C25H24N2O2. The highest BCUT2D eigenvalue weighted by molar-refractivity contribution is 6.37. The van der Waals surface area contributed by atoms with Crippen LogP contribution in [0.4, 0.5) is 5.69 Å². The van der Waals surface area contributed by atoms with Gasteiger partial charge in [0.1, 0.15) is 5.70 Å². The average Bonchev–Trinajstić information content (AvgIpc) is 2.92. The van der Waals surface area contributed by atoms with E-state index in [4.69, 9.17) is 0 Å². The molecule has 146 valence electrons. The zero-order valence-corrected chi connectivity index (χ0v) is 17.1. The Labute approximate surface area is 170 Å². The number of benzene rings is 3. The maximum atomic E-state index is 13.3. The highest BCUT2D eigenvalue weighted by Gasteiger charge is 2.41. The molecule has 1 N–H and O–H groups in total. The molecule has 3 aromatic carbocycles. The minimum absolute atomic E-state index is 0.220. The number of imide groups is 1. The molecule has 29 heavy (non-hydrogen) atoms. The summed E-state index contributed by atoms with van der Waals surface area (Å²) in [4.78, 5) is 27.8. The highest BCUT2D eigenvalue weighted by Crippen LogP contribution is 2.35. The summed E-state index contributed by atoms with van der Waals surface area (Å²) >= 11 is 0. The molecule has 2 amide bonds. The normalized spacial score (nSPS) is 14.4. The van der Waals surface area contributed by atoms with Crippen LogP contribution in [0, 0.1) is 13.8 Å². The summed E-state index contributed by atoms with van der Waals surface area (Å²) < 4.78 is 0. The highest BCUT2D eigenvalue weighted by atomic mass is 16.2. The van der Waals surface area contributed by atoms with Crippen LogP contribution < -0.4 is 5.32 Å². The van der Waals surface area contributed by atoms with Gasteiger partial charge in [0, 0.05) is 17.1 Å². The molecule has 0 spiro atoms. The van der Waals surface area contributed by atoms with Crippen molar-refractivity contribution in [2.75, 3.05) is 5.32 Å². The van der Waals surface area contributed by atoms with E-state index in [0.29, 0.717) is 11.3 Å². The van der Waals surface area contributed by atoms with Gasteiger partial charge in [-0.25, -0.2) is 0 Å². The minimum Gasteiger partial charge on any atom is -0.350 e. The van der Waals surface area contributed by atoms with E-state index in [1.54, 1.807) is 0 Å². The van der Waals surface area contributed by atoms with Crippen LogP contribution in [-0.2, 0) is 9.59 Å². The van der Waals surface area contributed by atoms with Gasteiger partial charge in [-0.05, 0) is 50.3 Å². The molecule has 0 bridgehead atoms. The van der Waals surface area contributed by atoms with Crippen LogP contribution >= 0.6 is 0 Å². The zero-order chi connectivity index (χ0) is 20.7. The maximum Gasteiger partial charge on any atom is 0.278 e. The molecule has 0 unspecified atom stereocenters. The van der Waals surface area contributed by atoms with Crippen molar-refractivity contribution in [2.45, 2.75) is 33.7 Å². The summed E-state index contributed by atoms with van der Waals surface area (Å²) in [6.45, 7) is 7.70. The van der Waals surface area contributed by atoms with Crippen molar-refractivity contribution in [2.24, 2.45) is 0 Å². The van der Waals surface area contributed by atoms with E-state index in [1.807, 2.05) is 88.4 Å². The number of hydrogen-bond acceptors (Lipinski definition) is 3. The SMILES string of the molecule is Cc1ccc(C2=C(Nc3cccc4ccccc34)C(=O)N(C(C)C)C2=O)c(C)c1. The van der Waals surface area contributed by atoms with Gasteiger partial charge >= 0.3 is 0 Å². The number of nitrogens with zero attached hydrogens (tertiary/aromatic N) is 1. The van der Waals surface area contributed by atoms with Crippen LogP contribution in [0.2, 0.25) is 0 Å². The summed E-state index contributed by atoms with van der Waals surface area (Å²) in [6, 6.07) is 19.6. The number of carbonyl (C=O) groups excluding carboxylic acids is 2. The van der Waals surface area contributed by atoms with E-state index in [1.165, 1.54) is 4.90 Å². The van der Waals surface area contributed by atoms with Gasteiger partial charge < -0.3 is 5.32 Å². The van der Waals surface area contributed by atoms with Gasteiger partial charge in [0.05, 0.1) is 5.57 Å². The number of hydrogen-bond donors (Lipinski definition) is 1. The van der Waals surface area contributed by atoms with E-state index in [2.05, 4.69) is 5.32 Å². The van der Waals surface area contributed by atoms with Crippen molar-refractivity contribution in [3.8, 4) is 0 Å². The standard InChI is InChI=1S/C25H24N2O2/c1-15(2)27-24(28)22(19-13-12-16(3)14-17(19)4)23(25(27)29)26-21-11-7-9-18-8-5-6-10-20(18)21/h5-15,26H,1-4H3. The summed E-state index contributed by atoms with van der Waals surface area (Å²) in [5.74, 6) is -0.535. The molecule has 0 radical (unpaired) electrons. The molecule has 0 aromatic heterocycles. The molecule has 1 aliphatic rings. The molecule has 0 fully saturated rings. The first-order chi connectivity index (χ1) is 13.9. The van der Waals surface area contributed by atoms with Crippen molar-refractivity contribution < 1.29 is 9.59 Å². The van der Waals surface area contributed by atoms with Gasteiger partial charge in [0.2, 0.25) is 0 Å². The lowest BCUT2D eigenvalue weighted by molar-refractivity contribution is -0.138. The van der Waals surface area contributed by atoms with Gasteiger partial charge in [-0.3, -0.25) is 14.5 Å². The van der Waals surface area contributed by atoms with Crippen LogP contribution in [0.1, 0.15) is 30.5 Å². The van der Waals surface area contributed by atoms with Crippen molar-refractivity contribution in [3.05, 3.63) is 83.1 Å². The first kappa shape index (κ1) is 18.9. The number of nitrogens with one attached hydrogen (secondary N) is 1. The largest absolute Gasteiger partial charge is 0.350 e. The number of aryl methyl sites for hydroxylation is 2. The third kappa shape index (κ3) is 3.21. The van der Waals surface area contributed by atoms with Crippen molar-refractivity contribution in [1.29, 1.82) is 0 Å². The second-order valence-corrected chi connectivity index (χ2v) is 7.79. The van der Waals surface area contributed by atoms with E-state index in [9.17, 15) is 9.59 Å². The van der Waals surface area contributed by atoms with E-state index in [-0.39, 0.29) is 17.9 Å². The maximum absolute atomic E-state index is 13.3. The number of anilines is 1. The lowest BCUT2D eigenvalue weighted by atomic mass is 9.97. The van der Waals surface area contributed by atoms with Crippen molar-refractivity contribution in [1.82, 2.24) is 4.90 Å². The fourth-order valence-corrected chi connectivity index (χ4v) is 3.95. The summed E-state index contributed by atoms with van der Waals surface area (Å²) in [5, 5.41) is 5.39. The van der Waals surface area contributed by atoms with Crippen LogP contribution in [0.25, 0.3) is 16.3 Å². The molecule has 0 atom stereocenters. The molecule has 0 saturated carbocycles. The molecule has 4 nitrogen and oxygen atoms in total. The minimum atomic E-state index is -0.284. The predicted molar refractivity (Wildman–Crippen MR) is 117 cm³/mol. The van der Waals surface area contributed by atoms with Gasteiger partial charge in [0.25, 0.3) is 11.8 Å². The Morgan fingerprint density at radius 1 is 0.862 bits per heavy atom. The third-order valence-corrected chi connectivity index (χ3v) is 5.33. The topological polar surface area (TPSA) is 49.4 Å². The molecule has 0 aliphatic carbocycles. The predicted octanol–water partition coefficient (Wildman–Crippen LogP) is 5.06. The Kier molecular flexibility index (Phi) is 4.71. The Morgan fingerprint density at radius 3 is 2.31 bits per heavy atom. The molecule has 4 rings (SSSR count). The van der Waals surface area contributed by atoms with Crippen LogP contribution in [0.5, 0.6) is 0 Å². The Bertz CT molecular complexity index is 1170. The van der Waals surface area contributed by atoms with Crippen LogP contribution in [-0.4, -0.2) is 22.8 Å². The van der Waals surface area contributed by atoms with Gasteiger partial charge in [-0.15, -0.1) is 0 Å². The summed E-state index contributed by atoms with van der Waals surface area (Å²) in [5.41, 5.74) is 4.48. The number of fused-ring (bicyclic) bond motifs is 1. The fourth-order valence-electron chi connectivity index (χ4n) is 3.95. The average molecular weight is 384 g/mol. The lowest BCUT2D eigenvalue weighted by Gasteiger charge is -2.19. The second-order valence-electron chi connectivity index (χ2n) is 7.79. The summed E-state index contributed by atoms with van der Waals surface area (Å²) in [6.07, 6.45) is 0. The second kappa shape index (κ2) is 7.21. The van der Waals surface area contributed by atoms with Crippen LogP contribution in [0.3, 0.4) is 0 Å². The van der Waals surface area contributed by atoms with E-state index in [0.717, 1.165) is 33.2 Å². The fraction of sp³-hybridized carbons (Fsp3) is 0.200. The van der Waals surface area contributed by atoms with Crippen molar-refractivity contribution in [3.63, 3.8) is 0 Å². The smallest absolute Gasteiger partial charge is 0.278 e. The van der Waals surface area contributed by atoms with Crippen molar-refractivity contribution >= 4 is 33.8 Å². The molecule has 4 heteroatoms. The van der Waals surface area contributed by atoms with Gasteiger partial charge in [0.15, 0.2) is 0 Å². The van der Waals surface area contributed by atoms with E-state index >= 15 is 0 Å². The molecular weight excluding hydrogens is 360 g/mol. The molecule has 1 aliphatic heterocycles. The Balaban J connectivity index is 1.90. The number of amides is 2. The Hall–Kier alpha value is -3.40. The third-order valence-electron chi connectivity index (χ3n) is 5.33. The molecule has 3 aromatic rings. The number of carbonyl (C=O) groups is 2. The Morgan fingerprint density at radius 2 is 1.59 bits per heavy atom. The van der Waals surface area contributed by atoms with Crippen LogP contribution in [0.15, 0.2) is 66.4 Å². The van der Waals surface area contributed by atoms with Gasteiger partial charge in [-0.1, -0.05) is 60.2 Å². The molecule has 0 saturated heterocycles. The number of rotatable bonds is 4. The lowest BCUT2D eigenvalue weighted by Crippen LogP contribution is -2.38. The van der Waals surface area contributed by atoms with E-state index < -0.39 is 0 Å². The molecule has 1 heterocycles. The first-order valence-corrected chi connectivity index (χ1v) is 9.83. The quantitative estimate of drug-likeness (QED) is 0.640. The van der Waals surface area contributed by atoms with Gasteiger partial charge in [-0.2, -0.15) is 0 Å². The first-order valence-electron chi connectivity index (χ1n) is 9.83. The monoisotopic (exact) mass is 384 g/mol. The zero-order valence-electron chi connectivity index (χ0n) is 17.1.